The van der Waals surface area contributed by atoms with E-state index in [1.165, 1.54) is 12.1 Å². The van der Waals surface area contributed by atoms with Gasteiger partial charge < -0.3 is 14.7 Å². The molecule has 0 aromatic heterocycles. The zero-order valence-corrected chi connectivity index (χ0v) is 11.6. The smallest absolute Gasteiger partial charge is 0.123 e. The maximum absolute atomic E-state index is 13.5. The van der Waals surface area contributed by atoms with E-state index < -0.39 is 0 Å². The first-order valence-electron chi connectivity index (χ1n) is 6.78. The SMILES string of the molecule is COc1ccc(F)cc1C(CO)C1CCN(C)CC1. The molecule has 1 aromatic carbocycles. The molecular weight excluding hydrogens is 245 g/mol. The Bertz CT molecular complexity index is 417. The Morgan fingerprint density at radius 3 is 2.68 bits per heavy atom. The van der Waals surface area contributed by atoms with Crippen LogP contribution in [0.5, 0.6) is 5.75 Å². The summed E-state index contributed by atoms with van der Waals surface area (Å²) in [5.74, 6) is 0.734. The predicted molar refractivity (Wildman–Crippen MR) is 73.0 cm³/mol. The number of benzene rings is 1. The Morgan fingerprint density at radius 1 is 1.42 bits per heavy atom. The van der Waals surface area contributed by atoms with Crippen LogP contribution in [0, 0.1) is 11.7 Å². The molecule has 1 heterocycles. The van der Waals surface area contributed by atoms with Crippen LogP contribution in [0.1, 0.15) is 24.3 Å². The van der Waals surface area contributed by atoms with E-state index in [0.29, 0.717) is 11.7 Å². The standard InChI is InChI=1S/C15H22FNO2/c1-17-7-5-11(6-8-17)14(10-18)13-9-12(16)3-4-15(13)19-2/h3-4,9,11,14,18H,5-8,10H2,1-2H3. The molecule has 2 rings (SSSR count). The molecule has 0 amide bonds. The quantitative estimate of drug-likeness (QED) is 0.908. The highest BCUT2D eigenvalue weighted by Gasteiger charge is 2.28. The summed E-state index contributed by atoms with van der Waals surface area (Å²) < 4.78 is 18.8. The summed E-state index contributed by atoms with van der Waals surface area (Å²) in [6, 6.07) is 4.53. The molecule has 0 bridgehead atoms. The third-order valence-corrected chi connectivity index (χ3v) is 4.12. The van der Waals surface area contributed by atoms with E-state index in [2.05, 4.69) is 11.9 Å². The number of aliphatic hydroxyl groups is 1. The van der Waals surface area contributed by atoms with Crippen LogP contribution in [0.2, 0.25) is 0 Å². The lowest BCUT2D eigenvalue weighted by Gasteiger charge is -2.34. The van der Waals surface area contributed by atoms with Gasteiger partial charge in [-0.3, -0.25) is 0 Å². The first kappa shape index (κ1) is 14.3. The molecule has 19 heavy (non-hydrogen) atoms. The summed E-state index contributed by atoms with van der Waals surface area (Å²) in [5, 5.41) is 9.72. The molecule has 1 fully saturated rings. The minimum Gasteiger partial charge on any atom is -0.496 e. The lowest BCUT2D eigenvalue weighted by molar-refractivity contribution is 0.155. The van der Waals surface area contributed by atoms with Crippen LogP contribution in [0.3, 0.4) is 0 Å². The van der Waals surface area contributed by atoms with Crippen molar-refractivity contribution >= 4 is 0 Å². The molecule has 1 aromatic rings. The number of likely N-dealkylation sites (tertiary alicyclic amines) is 1. The number of hydrogen-bond donors (Lipinski definition) is 1. The van der Waals surface area contributed by atoms with Gasteiger partial charge >= 0.3 is 0 Å². The highest BCUT2D eigenvalue weighted by atomic mass is 19.1. The maximum Gasteiger partial charge on any atom is 0.123 e. The zero-order valence-electron chi connectivity index (χ0n) is 11.6. The van der Waals surface area contributed by atoms with E-state index in [9.17, 15) is 9.50 Å². The summed E-state index contributed by atoms with van der Waals surface area (Å²) in [6.45, 7) is 2.09. The van der Waals surface area contributed by atoms with Crippen molar-refractivity contribution in [2.45, 2.75) is 18.8 Å². The van der Waals surface area contributed by atoms with Gasteiger partial charge in [-0.2, -0.15) is 0 Å². The average Bonchev–Trinajstić information content (AvgIpc) is 2.42. The lowest BCUT2D eigenvalue weighted by atomic mass is 9.80. The molecule has 1 atom stereocenters. The number of hydrogen-bond acceptors (Lipinski definition) is 3. The minimum atomic E-state index is -0.276. The second-order valence-electron chi connectivity index (χ2n) is 5.32. The number of piperidine rings is 1. The van der Waals surface area contributed by atoms with E-state index in [4.69, 9.17) is 4.74 Å². The number of halogens is 1. The number of rotatable bonds is 4. The van der Waals surface area contributed by atoms with Crippen molar-refractivity contribution in [1.82, 2.24) is 4.90 Å². The maximum atomic E-state index is 13.5. The molecule has 1 saturated heterocycles. The molecule has 0 radical (unpaired) electrons. The van der Waals surface area contributed by atoms with Crippen LogP contribution in [0.15, 0.2) is 18.2 Å². The van der Waals surface area contributed by atoms with E-state index in [1.807, 2.05) is 0 Å². The van der Waals surface area contributed by atoms with Gasteiger partial charge in [0.05, 0.1) is 13.7 Å². The van der Waals surface area contributed by atoms with Gasteiger partial charge in [-0.25, -0.2) is 4.39 Å². The first-order chi connectivity index (χ1) is 9.15. The van der Waals surface area contributed by atoms with Gasteiger partial charge in [0.25, 0.3) is 0 Å². The fraction of sp³-hybridized carbons (Fsp3) is 0.600. The Balaban J connectivity index is 2.23. The normalized spacial score (nSPS) is 19.4. The van der Waals surface area contributed by atoms with Gasteiger partial charge in [0, 0.05) is 11.5 Å². The molecular formula is C15H22FNO2. The molecule has 1 aliphatic rings. The van der Waals surface area contributed by atoms with Gasteiger partial charge in [-0.15, -0.1) is 0 Å². The van der Waals surface area contributed by atoms with Gasteiger partial charge in [0.1, 0.15) is 11.6 Å². The molecule has 106 valence electrons. The average molecular weight is 267 g/mol. The monoisotopic (exact) mass is 267 g/mol. The second kappa shape index (κ2) is 6.35. The zero-order chi connectivity index (χ0) is 13.8. The third kappa shape index (κ3) is 3.25. The van der Waals surface area contributed by atoms with Crippen molar-refractivity contribution < 1.29 is 14.2 Å². The molecule has 0 saturated carbocycles. The van der Waals surface area contributed by atoms with Gasteiger partial charge in [-0.05, 0) is 57.1 Å². The molecule has 1 unspecified atom stereocenters. The molecule has 0 aliphatic carbocycles. The Hall–Kier alpha value is -1.13. The van der Waals surface area contributed by atoms with Crippen LogP contribution in [0.4, 0.5) is 4.39 Å². The predicted octanol–water partition coefficient (Wildman–Crippen LogP) is 2.25. The minimum absolute atomic E-state index is 0.0359. The largest absolute Gasteiger partial charge is 0.496 e. The highest BCUT2D eigenvalue weighted by molar-refractivity contribution is 5.37. The van der Waals surface area contributed by atoms with Gasteiger partial charge in [-0.1, -0.05) is 0 Å². The van der Waals surface area contributed by atoms with E-state index >= 15 is 0 Å². The summed E-state index contributed by atoms with van der Waals surface area (Å²) >= 11 is 0. The second-order valence-corrected chi connectivity index (χ2v) is 5.32. The van der Waals surface area contributed by atoms with Crippen molar-refractivity contribution in [3.8, 4) is 5.75 Å². The van der Waals surface area contributed by atoms with Crippen molar-refractivity contribution in [3.63, 3.8) is 0 Å². The fourth-order valence-electron chi connectivity index (χ4n) is 2.93. The Kier molecular flexibility index (Phi) is 4.77. The third-order valence-electron chi connectivity index (χ3n) is 4.12. The number of ether oxygens (including phenoxy) is 1. The Morgan fingerprint density at radius 2 is 2.11 bits per heavy atom. The van der Waals surface area contributed by atoms with E-state index in [0.717, 1.165) is 31.5 Å². The van der Waals surface area contributed by atoms with Crippen molar-refractivity contribution in [2.24, 2.45) is 5.92 Å². The van der Waals surface area contributed by atoms with Crippen LogP contribution in [0.25, 0.3) is 0 Å². The fourth-order valence-corrected chi connectivity index (χ4v) is 2.93. The topological polar surface area (TPSA) is 32.7 Å². The van der Waals surface area contributed by atoms with Gasteiger partial charge in [0.2, 0.25) is 0 Å². The van der Waals surface area contributed by atoms with Crippen LogP contribution in [-0.2, 0) is 0 Å². The first-order valence-corrected chi connectivity index (χ1v) is 6.78. The summed E-state index contributed by atoms with van der Waals surface area (Å²) in [4.78, 5) is 2.29. The molecule has 1 aliphatic heterocycles. The van der Waals surface area contributed by atoms with E-state index in [1.54, 1.807) is 13.2 Å². The number of methoxy groups -OCH3 is 1. The van der Waals surface area contributed by atoms with Crippen LogP contribution in [-0.4, -0.2) is 43.9 Å². The molecule has 4 heteroatoms. The number of aliphatic hydroxyl groups excluding tert-OH is 1. The van der Waals surface area contributed by atoms with E-state index in [-0.39, 0.29) is 18.3 Å². The van der Waals surface area contributed by atoms with Crippen LogP contribution < -0.4 is 4.74 Å². The summed E-state index contributed by atoms with van der Waals surface area (Å²) in [7, 11) is 3.69. The van der Waals surface area contributed by atoms with Crippen molar-refractivity contribution in [2.75, 3.05) is 33.9 Å². The molecule has 0 spiro atoms. The number of nitrogens with zero attached hydrogens (tertiary/aromatic N) is 1. The summed E-state index contributed by atoms with van der Waals surface area (Å²) in [6.07, 6.45) is 2.06. The highest BCUT2D eigenvalue weighted by Crippen LogP contribution is 2.37. The van der Waals surface area contributed by atoms with Crippen molar-refractivity contribution in [1.29, 1.82) is 0 Å². The van der Waals surface area contributed by atoms with Gasteiger partial charge in [0.15, 0.2) is 0 Å². The molecule has 1 N–H and O–H groups in total. The lowest BCUT2D eigenvalue weighted by Crippen LogP contribution is -2.33. The summed E-state index contributed by atoms with van der Waals surface area (Å²) in [5.41, 5.74) is 0.791. The van der Waals surface area contributed by atoms with Crippen molar-refractivity contribution in [3.05, 3.63) is 29.6 Å². The van der Waals surface area contributed by atoms with Crippen LogP contribution >= 0.6 is 0 Å². The Labute approximate surface area is 114 Å². The molecule has 3 nitrogen and oxygen atoms in total.